The number of H-pyrrole nitrogens is 1. The first-order chi connectivity index (χ1) is 10.0. The number of hydrogen-bond acceptors (Lipinski definition) is 6. The number of carbonyl (C=O) groups is 1. The van der Waals surface area contributed by atoms with Crippen LogP contribution >= 0.6 is 11.6 Å². The zero-order valence-corrected chi connectivity index (χ0v) is 11.4. The highest BCUT2D eigenvalue weighted by Gasteiger charge is 2.14. The van der Waals surface area contributed by atoms with Gasteiger partial charge in [0, 0.05) is 18.0 Å². The molecule has 106 valence electrons. The molecule has 0 bridgehead atoms. The summed E-state index contributed by atoms with van der Waals surface area (Å²) in [6, 6.07) is 4.20. The topological polar surface area (TPSA) is 114 Å². The second-order valence-corrected chi connectivity index (χ2v) is 4.66. The molecule has 1 aromatic carbocycles. The quantitative estimate of drug-likeness (QED) is 0.743. The average molecular weight is 306 g/mol. The summed E-state index contributed by atoms with van der Waals surface area (Å²) in [5.41, 5.74) is 0.166. The fraction of sp³-hybridized carbons (Fsp3) is 0.0833. The molecular formula is C12H8ClN5O3. The minimum absolute atomic E-state index is 0.134. The second kappa shape index (κ2) is 4.98. The molecule has 21 heavy (non-hydrogen) atoms. The van der Waals surface area contributed by atoms with Gasteiger partial charge in [0.2, 0.25) is 11.7 Å². The minimum atomic E-state index is -0.329. The summed E-state index contributed by atoms with van der Waals surface area (Å²) in [5.74, 6) is -0.0425. The van der Waals surface area contributed by atoms with Gasteiger partial charge in [-0.15, -0.1) is 10.2 Å². The molecule has 3 aromatic rings. The number of hydrogen-bond donors (Lipinski definition) is 2. The first kappa shape index (κ1) is 13.3. The molecule has 0 spiro atoms. The Morgan fingerprint density at radius 1 is 1.38 bits per heavy atom. The number of carbonyl (C=O) groups excluding carboxylic acids is 1. The molecule has 0 atom stereocenters. The zero-order chi connectivity index (χ0) is 15.0. The van der Waals surface area contributed by atoms with Crippen molar-refractivity contribution >= 4 is 34.2 Å². The van der Waals surface area contributed by atoms with Crippen molar-refractivity contribution in [2.24, 2.45) is 0 Å². The van der Waals surface area contributed by atoms with Gasteiger partial charge in [-0.3, -0.25) is 9.59 Å². The van der Waals surface area contributed by atoms with Crippen molar-refractivity contribution in [3.63, 3.8) is 0 Å². The Bertz CT molecular complexity index is 888. The van der Waals surface area contributed by atoms with E-state index < -0.39 is 0 Å². The van der Waals surface area contributed by atoms with E-state index >= 15 is 0 Å². The van der Waals surface area contributed by atoms with Crippen LogP contribution < -0.4 is 10.7 Å². The molecular weight excluding hydrogens is 298 g/mol. The maximum absolute atomic E-state index is 12.2. The summed E-state index contributed by atoms with van der Waals surface area (Å²) in [5, 5.41) is 16.3. The molecule has 1 amide bonds. The van der Waals surface area contributed by atoms with Gasteiger partial charge < -0.3 is 9.73 Å². The maximum Gasteiger partial charge on any atom is 0.239 e. The Hall–Kier alpha value is -2.74. The number of benzene rings is 1. The maximum atomic E-state index is 12.2. The van der Waals surface area contributed by atoms with Crippen LogP contribution in [0.15, 0.2) is 27.4 Å². The van der Waals surface area contributed by atoms with Gasteiger partial charge in [0.25, 0.3) is 0 Å². The molecule has 2 N–H and O–H groups in total. The minimum Gasteiger partial charge on any atom is -0.450 e. The van der Waals surface area contributed by atoms with Crippen LogP contribution in [-0.2, 0) is 4.79 Å². The number of nitrogens with one attached hydrogen (secondary N) is 2. The molecule has 2 heterocycles. The highest BCUT2D eigenvalue weighted by Crippen LogP contribution is 2.28. The predicted octanol–water partition coefficient (Wildman–Crippen LogP) is 1.58. The number of rotatable bonds is 2. The van der Waals surface area contributed by atoms with Gasteiger partial charge in [0.15, 0.2) is 16.8 Å². The van der Waals surface area contributed by atoms with E-state index in [1.54, 1.807) is 0 Å². The number of anilines is 1. The van der Waals surface area contributed by atoms with Crippen LogP contribution in [0.1, 0.15) is 6.92 Å². The monoisotopic (exact) mass is 305 g/mol. The van der Waals surface area contributed by atoms with Crippen molar-refractivity contribution < 1.29 is 9.21 Å². The van der Waals surface area contributed by atoms with Crippen LogP contribution in [0.25, 0.3) is 22.6 Å². The average Bonchev–Trinajstić information content (AvgIpc) is 2.93. The molecule has 0 saturated carbocycles. The second-order valence-electron chi connectivity index (χ2n) is 4.22. The van der Waals surface area contributed by atoms with E-state index in [1.165, 1.54) is 25.1 Å². The van der Waals surface area contributed by atoms with E-state index in [-0.39, 0.29) is 33.9 Å². The van der Waals surface area contributed by atoms with Crippen LogP contribution in [0.4, 0.5) is 5.69 Å². The highest BCUT2D eigenvalue weighted by atomic mass is 35.5. The molecule has 0 aliphatic rings. The standard InChI is InChI=1S/C12H8ClN5O3/c1-5(19)14-8-3-6(13)2-7-9(20)4-10(21-11(7)8)12-15-17-18-16-12/h2-4H,1H3,(H,14,19)(H,15,16,17,18). The van der Waals surface area contributed by atoms with Gasteiger partial charge in [-0.2, -0.15) is 5.21 Å². The Morgan fingerprint density at radius 3 is 2.86 bits per heavy atom. The summed E-state index contributed by atoms with van der Waals surface area (Å²) in [6.45, 7) is 1.34. The van der Waals surface area contributed by atoms with E-state index in [0.29, 0.717) is 10.7 Å². The molecule has 8 nitrogen and oxygen atoms in total. The highest BCUT2D eigenvalue weighted by molar-refractivity contribution is 6.32. The number of amides is 1. The van der Waals surface area contributed by atoms with Gasteiger partial charge in [-0.1, -0.05) is 11.6 Å². The molecule has 9 heteroatoms. The van der Waals surface area contributed by atoms with Crippen LogP contribution in [0, 0.1) is 0 Å². The lowest BCUT2D eigenvalue weighted by Crippen LogP contribution is -2.08. The van der Waals surface area contributed by atoms with Crippen LogP contribution in [0.5, 0.6) is 0 Å². The molecule has 0 saturated heterocycles. The third kappa shape index (κ3) is 2.48. The van der Waals surface area contributed by atoms with Crippen LogP contribution in [0.3, 0.4) is 0 Å². The zero-order valence-electron chi connectivity index (χ0n) is 10.7. The Balaban J connectivity index is 2.31. The Labute approximate surface area is 122 Å². The molecule has 0 aliphatic carbocycles. The fourth-order valence-corrected chi connectivity index (χ4v) is 2.10. The van der Waals surface area contributed by atoms with Crippen molar-refractivity contribution in [2.45, 2.75) is 6.92 Å². The predicted molar refractivity (Wildman–Crippen MR) is 75.0 cm³/mol. The largest absolute Gasteiger partial charge is 0.450 e. The number of aromatic amines is 1. The number of aromatic nitrogens is 4. The van der Waals surface area contributed by atoms with Gasteiger partial charge in [-0.25, -0.2) is 0 Å². The summed E-state index contributed by atoms with van der Waals surface area (Å²) >= 11 is 5.95. The normalized spacial score (nSPS) is 10.8. The van der Waals surface area contributed by atoms with E-state index in [4.69, 9.17) is 16.0 Å². The molecule has 3 rings (SSSR count). The lowest BCUT2D eigenvalue weighted by atomic mass is 10.2. The lowest BCUT2D eigenvalue weighted by Gasteiger charge is -2.07. The van der Waals surface area contributed by atoms with E-state index in [2.05, 4.69) is 25.9 Å². The van der Waals surface area contributed by atoms with Crippen molar-refractivity contribution in [1.29, 1.82) is 0 Å². The first-order valence-electron chi connectivity index (χ1n) is 5.83. The SMILES string of the molecule is CC(=O)Nc1cc(Cl)cc2c(=O)cc(-c3nn[nH]n3)oc12. The summed E-state index contributed by atoms with van der Waals surface area (Å²) in [6.07, 6.45) is 0. The number of nitrogens with zero attached hydrogens (tertiary/aromatic N) is 3. The molecule has 2 aromatic heterocycles. The molecule has 0 fully saturated rings. The van der Waals surface area contributed by atoms with Crippen molar-refractivity contribution in [1.82, 2.24) is 20.6 Å². The molecule has 0 radical (unpaired) electrons. The summed E-state index contributed by atoms with van der Waals surface area (Å²) < 4.78 is 5.62. The van der Waals surface area contributed by atoms with Crippen molar-refractivity contribution in [3.05, 3.63) is 33.4 Å². The number of halogens is 1. The lowest BCUT2D eigenvalue weighted by molar-refractivity contribution is -0.114. The summed E-state index contributed by atoms with van der Waals surface area (Å²) in [7, 11) is 0. The summed E-state index contributed by atoms with van der Waals surface area (Å²) in [4.78, 5) is 23.4. The smallest absolute Gasteiger partial charge is 0.239 e. The first-order valence-corrected chi connectivity index (χ1v) is 6.21. The van der Waals surface area contributed by atoms with Gasteiger partial charge in [0.1, 0.15) is 0 Å². The van der Waals surface area contributed by atoms with Crippen LogP contribution in [0.2, 0.25) is 5.02 Å². The van der Waals surface area contributed by atoms with E-state index in [0.717, 1.165) is 0 Å². The fourth-order valence-electron chi connectivity index (χ4n) is 1.88. The van der Waals surface area contributed by atoms with Gasteiger partial charge >= 0.3 is 0 Å². The molecule has 0 unspecified atom stereocenters. The number of fused-ring (bicyclic) bond motifs is 1. The van der Waals surface area contributed by atoms with E-state index in [9.17, 15) is 9.59 Å². The van der Waals surface area contributed by atoms with Gasteiger partial charge in [0.05, 0.1) is 11.1 Å². The van der Waals surface area contributed by atoms with Crippen LogP contribution in [-0.4, -0.2) is 26.5 Å². The Kier molecular flexibility index (Phi) is 3.15. The number of tetrazole rings is 1. The van der Waals surface area contributed by atoms with E-state index in [1.807, 2.05) is 0 Å². The third-order valence-corrected chi connectivity index (χ3v) is 2.89. The van der Waals surface area contributed by atoms with Gasteiger partial charge in [-0.05, 0) is 17.3 Å². The van der Waals surface area contributed by atoms with Crippen molar-refractivity contribution in [2.75, 3.05) is 5.32 Å². The third-order valence-electron chi connectivity index (χ3n) is 2.67. The Morgan fingerprint density at radius 2 is 2.19 bits per heavy atom. The molecule has 0 aliphatic heterocycles. The van der Waals surface area contributed by atoms with Crippen molar-refractivity contribution in [3.8, 4) is 11.6 Å².